The second-order valence-electron chi connectivity index (χ2n) is 2.83. The Labute approximate surface area is 66.9 Å². The highest BCUT2D eigenvalue weighted by Crippen LogP contribution is 2.14. The number of aliphatic hydroxyl groups is 1. The van der Waals surface area contributed by atoms with Gasteiger partial charge in [0.1, 0.15) is 0 Å². The van der Waals surface area contributed by atoms with E-state index in [0.29, 0.717) is 0 Å². The van der Waals surface area contributed by atoms with Crippen LogP contribution in [0.1, 0.15) is 30.0 Å². The monoisotopic (exact) mass is 151 g/mol. The van der Waals surface area contributed by atoms with E-state index in [4.69, 9.17) is 0 Å². The van der Waals surface area contributed by atoms with Crippen molar-refractivity contribution in [2.45, 2.75) is 26.9 Å². The summed E-state index contributed by atoms with van der Waals surface area (Å²) < 4.78 is 0. The predicted octanol–water partition coefficient (Wildman–Crippen LogP) is 1.75. The molecule has 1 N–H and O–H groups in total. The first-order valence-electron chi connectivity index (χ1n) is 3.73. The van der Waals surface area contributed by atoms with Gasteiger partial charge in [-0.3, -0.25) is 4.98 Å². The molecule has 2 nitrogen and oxygen atoms in total. The summed E-state index contributed by atoms with van der Waals surface area (Å²) >= 11 is 0. The molecule has 0 aromatic carbocycles. The first-order valence-corrected chi connectivity index (χ1v) is 3.73. The van der Waals surface area contributed by atoms with E-state index < -0.39 is 6.10 Å². The second-order valence-corrected chi connectivity index (χ2v) is 2.83. The molecule has 0 amide bonds. The van der Waals surface area contributed by atoms with E-state index in [1.54, 1.807) is 6.92 Å². The van der Waals surface area contributed by atoms with Crippen molar-refractivity contribution >= 4 is 0 Å². The SMILES string of the molecule is Cc1ccc(C)c([C@H](C)O)n1. The van der Waals surface area contributed by atoms with Gasteiger partial charge in [0.05, 0.1) is 11.8 Å². The second kappa shape index (κ2) is 3.01. The molecular formula is C9H13NO. The Bertz CT molecular complexity index is 256. The van der Waals surface area contributed by atoms with Crippen LogP contribution in [0, 0.1) is 13.8 Å². The minimum atomic E-state index is -0.463. The Hall–Kier alpha value is -0.890. The maximum absolute atomic E-state index is 9.27. The van der Waals surface area contributed by atoms with Crippen LogP contribution in [0.5, 0.6) is 0 Å². The number of pyridine rings is 1. The molecule has 0 spiro atoms. The Morgan fingerprint density at radius 3 is 2.45 bits per heavy atom. The molecule has 0 radical (unpaired) electrons. The molecule has 1 atom stereocenters. The fourth-order valence-corrected chi connectivity index (χ4v) is 1.07. The number of hydrogen-bond donors (Lipinski definition) is 1. The molecule has 1 aromatic rings. The van der Waals surface area contributed by atoms with Crippen LogP contribution >= 0.6 is 0 Å². The summed E-state index contributed by atoms with van der Waals surface area (Å²) in [6, 6.07) is 3.92. The van der Waals surface area contributed by atoms with Crippen molar-refractivity contribution in [1.82, 2.24) is 4.98 Å². The van der Waals surface area contributed by atoms with Crippen molar-refractivity contribution < 1.29 is 5.11 Å². The summed E-state index contributed by atoms with van der Waals surface area (Å²) in [6.07, 6.45) is -0.463. The molecule has 0 aliphatic heterocycles. The summed E-state index contributed by atoms with van der Waals surface area (Å²) in [5.74, 6) is 0. The van der Waals surface area contributed by atoms with Crippen molar-refractivity contribution in [2.24, 2.45) is 0 Å². The average Bonchev–Trinajstić information content (AvgIpc) is 1.94. The molecule has 0 aliphatic carbocycles. The summed E-state index contributed by atoms with van der Waals surface area (Å²) in [5, 5.41) is 9.27. The summed E-state index contributed by atoms with van der Waals surface area (Å²) in [5.41, 5.74) is 2.78. The van der Waals surface area contributed by atoms with Crippen LogP contribution in [-0.4, -0.2) is 10.1 Å². The molecule has 11 heavy (non-hydrogen) atoms. The van der Waals surface area contributed by atoms with E-state index in [1.807, 2.05) is 26.0 Å². The first kappa shape index (κ1) is 8.21. The fraction of sp³-hybridized carbons (Fsp3) is 0.444. The van der Waals surface area contributed by atoms with Crippen LogP contribution in [0.2, 0.25) is 0 Å². The standard InChI is InChI=1S/C9H13NO/c1-6-4-5-7(2)10-9(6)8(3)11/h4-5,8,11H,1-3H3/t8-/m0/s1. The molecule has 0 saturated heterocycles. The molecule has 0 unspecified atom stereocenters. The molecule has 1 heterocycles. The van der Waals surface area contributed by atoms with Crippen LogP contribution in [0.3, 0.4) is 0 Å². The minimum Gasteiger partial charge on any atom is -0.387 e. The molecule has 1 rings (SSSR count). The van der Waals surface area contributed by atoms with Crippen LogP contribution in [0.25, 0.3) is 0 Å². The largest absolute Gasteiger partial charge is 0.387 e. The Morgan fingerprint density at radius 1 is 1.36 bits per heavy atom. The average molecular weight is 151 g/mol. The smallest absolute Gasteiger partial charge is 0.0934 e. The summed E-state index contributed by atoms with van der Waals surface area (Å²) in [6.45, 7) is 5.61. The third-order valence-electron chi connectivity index (χ3n) is 1.67. The highest BCUT2D eigenvalue weighted by molar-refractivity contribution is 5.22. The van der Waals surface area contributed by atoms with Crippen molar-refractivity contribution in [3.05, 3.63) is 29.1 Å². The molecule has 1 aromatic heterocycles. The Balaban J connectivity index is 3.13. The zero-order chi connectivity index (χ0) is 8.43. The Kier molecular flexibility index (Phi) is 2.25. The van der Waals surface area contributed by atoms with Crippen LogP contribution in [0.15, 0.2) is 12.1 Å². The molecule has 0 aliphatic rings. The van der Waals surface area contributed by atoms with Gasteiger partial charge in [-0.2, -0.15) is 0 Å². The number of hydrogen-bond acceptors (Lipinski definition) is 2. The van der Waals surface area contributed by atoms with Gasteiger partial charge in [0, 0.05) is 5.69 Å². The van der Waals surface area contributed by atoms with E-state index in [-0.39, 0.29) is 0 Å². The fourth-order valence-electron chi connectivity index (χ4n) is 1.07. The van der Waals surface area contributed by atoms with Gasteiger partial charge in [0.2, 0.25) is 0 Å². The van der Waals surface area contributed by atoms with E-state index in [2.05, 4.69) is 4.98 Å². The zero-order valence-corrected chi connectivity index (χ0v) is 7.13. The van der Waals surface area contributed by atoms with Gasteiger partial charge < -0.3 is 5.11 Å². The molecule has 2 heteroatoms. The van der Waals surface area contributed by atoms with E-state index in [1.165, 1.54) is 0 Å². The normalized spacial score (nSPS) is 13.1. The van der Waals surface area contributed by atoms with Gasteiger partial charge in [0.15, 0.2) is 0 Å². The summed E-state index contributed by atoms with van der Waals surface area (Å²) in [4.78, 5) is 4.22. The van der Waals surface area contributed by atoms with Crippen molar-refractivity contribution in [1.29, 1.82) is 0 Å². The number of aromatic nitrogens is 1. The third kappa shape index (κ3) is 1.77. The van der Waals surface area contributed by atoms with Gasteiger partial charge in [-0.25, -0.2) is 0 Å². The van der Waals surface area contributed by atoms with Crippen LogP contribution in [0.4, 0.5) is 0 Å². The van der Waals surface area contributed by atoms with Crippen molar-refractivity contribution in [3.63, 3.8) is 0 Å². The highest BCUT2D eigenvalue weighted by atomic mass is 16.3. The minimum absolute atomic E-state index is 0.463. The lowest BCUT2D eigenvalue weighted by Crippen LogP contribution is -1.99. The lowest BCUT2D eigenvalue weighted by molar-refractivity contribution is 0.193. The van der Waals surface area contributed by atoms with Gasteiger partial charge >= 0.3 is 0 Å². The van der Waals surface area contributed by atoms with Crippen molar-refractivity contribution in [2.75, 3.05) is 0 Å². The van der Waals surface area contributed by atoms with Crippen molar-refractivity contribution in [3.8, 4) is 0 Å². The number of rotatable bonds is 1. The highest BCUT2D eigenvalue weighted by Gasteiger charge is 2.05. The lowest BCUT2D eigenvalue weighted by Gasteiger charge is -2.07. The maximum atomic E-state index is 9.27. The van der Waals surface area contributed by atoms with Crippen LogP contribution < -0.4 is 0 Å². The maximum Gasteiger partial charge on any atom is 0.0934 e. The number of nitrogens with zero attached hydrogens (tertiary/aromatic N) is 1. The Morgan fingerprint density at radius 2 is 2.00 bits per heavy atom. The number of aliphatic hydroxyl groups excluding tert-OH is 1. The van der Waals surface area contributed by atoms with Crippen LogP contribution in [-0.2, 0) is 0 Å². The van der Waals surface area contributed by atoms with Gasteiger partial charge in [-0.1, -0.05) is 6.07 Å². The topological polar surface area (TPSA) is 33.1 Å². The van der Waals surface area contributed by atoms with E-state index in [0.717, 1.165) is 17.0 Å². The third-order valence-corrected chi connectivity index (χ3v) is 1.67. The van der Waals surface area contributed by atoms with Gasteiger partial charge in [0.25, 0.3) is 0 Å². The molecule has 0 saturated carbocycles. The van der Waals surface area contributed by atoms with Gasteiger partial charge in [-0.15, -0.1) is 0 Å². The first-order chi connectivity index (χ1) is 5.11. The quantitative estimate of drug-likeness (QED) is 0.663. The molecule has 60 valence electrons. The van der Waals surface area contributed by atoms with E-state index >= 15 is 0 Å². The molecular weight excluding hydrogens is 138 g/mol. The van der Waals surface area contributed by atoms with E-state index in [9.17, 15) is 5.11 Å². The summed E-state index contributed by atoms with van der Waals surface area (Å²) in [7, 11) is 0. The molecule has 0 fully saturated rings. The predicted molar refractivity (Wildman–Crippen MR) is 44.3 cm³/mol. The number of aryl methyl sites for hydroxylation is 2. The van der Waals surface area contributed by atoms with Gasteiger partial charge in [-0.05, 0) is 32.4 Å². The zero-order valence-electron chi connectivity index (χ0n) is 7.13. The molecule has 0 bridgehead atoms. The lowest BCUT2D eigenvalue weighted by atomic mass is 10.1.